The molecule has 1 aromatic heterocycles. The zero-order valence-corrected chi connectivity index (χ0v) is 13.4. The molecule has 2 heterocycles. The summed E-state index contributed by atoms with van der Waals surface area (Å²) in [6.07, 6.45) is 3.09. The molecule has 1 saturated heterocycles. The zero-order valence-electron chi connectivity index (χ0n) is 13.4. The lowest BCUT2D eigenvalue weighted by atomic mass is 10.0. The minimum absolute atomic E-state index is 0.0582. The third kappa shape index (κ3) is 3.79. The minimum Gasteiger partial charge on any atom is -0.481 e. The van der Waals surface area contributed by atoms with Crippen molar-refractivity contribution < 1.29 is 13.9 Å². The number of hydrogen-bond donors (Lipinski definition) is 1. The van der Waals surface area contributed by atoms with E-state index in [9.17, 15) is 9.18 Å². The minimum atomic E-state index is -0.338. The van der Waals surface area contributed by atoms with Gasteiger partial charge >= 0.3 is 0 Å². The van der Waals surface area contributed by atoms with Crippen LogP contribution in [0.5, 0.6) is 5.88 Å². The monoisotopic (exact) mass is 330 g/mol. The van der Waals surface area contributed by atoms with Gasteiger partial charge in [0.1, 0.15) is 18.0 Å². The molecule has 0 atom stereocenters. The first-order valence-corrected chi connectivity index (χ1v) is 7.83. The highest BCUT2D eigenvalue weighted by Gasteiger charge is 2.23. The van der Waals surface area contributed by atoms with Crippen LogP contribution >= 0.6 is 0 Å². The first-order chi connectivity index (χ1) is 11.7. The molecule has 1 aliphatic heterocycles. The predicted molar refractivity (Wildman–Crippen MR) is 87.5 cm³/mol. The van der Waals surface area contributed by atoms with Crippen LogP contribution in [0.1, 0.15) is 23.2 Å². The van der Waals surface area contributed by atoms with Gasteiger partial charge < -0.3 is 15.0 Å². The summed E-state index contributed by atoms with van der Waals surface area (Å²) in [6.45, 7) is 1.30. The summed E-state index contributed by atoms with van der Waals surface area (Å²) >= 11 is 0. The number of halogens is 1. The SMILES string of the molecule is COc1cc(NC2CCN(C(=O)c3ccc(F)cc3)CC2)ncn1. The maximum absolute atomic E-state index is 13.0. The van der Waals surface area contributed by atoms with Gasteiger partial charge in [0, 0.05) is 30.8 Å². The molecule has 1 fully saturated rings. The first-order valence-electron chi connectivity index (χ1n) is 7.83. The number of benzene rings is 1. The van der Waals surface area contributed by atoms with Crippen LogP contribution in [-0.4, -0.2) is 47.0 Å². The Morgan fingerprint density at radius 2 is 1.96 bits per heavy atom. The molecule has 0 aliphatic carbocycles. The van der Waals surface area contributed by atoms with Gasteiger partial charge in [0.25, 0.3) is 5.91 Å². The van der Waals surface area contributed by atoms with E-state index in [1.54, 1.807) is 18.1 Å². The van der Waals surface area contributed by atoms with Gasteiger partial charge in [-0.1, -0.05) is 0 Å². The number of likely N-dealkylation sites (tertiary alicyclic amines) is 1. The fourth-order valence-corrected chi connectivity index (χ4v) is 2.74. The highest BCUT2D eigenvalue weighted by Crippen LogP contribution is 2.19. The lowest BCUT2D eigenvalue weighted by molar-refractivity contribution is 0.0718. The van der Waals surface area contributed by atoms with Crippen LogP contribution < -0.4 is 10.1 Å². The van der Waals surface area contributed by atoms with E-state index in [0.717, 1.165) is 12.8 Å². The number of methoxy groups -OCH3 is 1. The molecule has 0 saturated carbocycles. The van der Waals surface area contributed by atoms with Crippen molar-refractivity contribution in [1.82, 2.24) is 14.9 Å². The van der Waals surface area contributed by atoms with Gasteiger partial charge in [0.15, 0.2) is 0 Å². The number of rotatable bonds is 4. The second-order valence-corrected chi connectivity index (χ2v) is 5.66. The van der Waals surface area contributed by atoms with Crippen LogP contribution in [0.3, 0.4) is 0 Å². The Kier molecular flexibility index (Phi) is 4.88. The van der Waals surface area contributed by atoms with Gasteiger partial charge in [-0.2, -0.15) is 0 Å². The summed E-state index contributed by atoms with van der Waals surface area (Å²) < 4.78 is 18.0. The van der Waals surface area contributed by atoms with E-state index >= 15 is 0 Å². The van der Waals surface area contributed by atoms with Crippen molar-refractivity contribution in [1.29, 1.82) is 0 Å². The highest BCUT2D eigenvalue weighted by atomic mass is 19.1. The number of ether oxygens (including phenoxy) is 1. The van der Waals surface area contributed by atoms with E-state index in [0.29, 0.717) is 30.4 Å². The van der Waals surface area contributed by atoms with Crippen LogP contribution in [-0.2, 0) is 0 Å². The van der Waals surface area contributed by atoms with Crippen molar-refractivity contribution in [2.75, 3.05) is 25.5 Å². The predicted octanol–water partition coefficient (Wildman–Crippen LogP) is 2.34. The summed E-state index contributed by atoms with van der Waals surface area (Å²) in [5.41, 5.74) is 0.517. The molecule has 24 heavy (non-hydrogen) atoms. The lowest BCUT2D eigenvalue weighted by Gasteiger charge is -2.32. The second-order valence-electron chi connectivity index (χ2n) is 5.66. The number of hydrogen-bond acceptors (Lipinski definition) is 5. The highest BCUT2D eigenvalue weighted by molar-refractivity contribution is 5.94. The Morgan fingerprint density at radius 1 is 1.25 bits per heavy atom. The molecule has 1 N–H and O–H groups in total. The zero-order chi connectivity index (χ0) is 16.9. The molecule has 1 aliphatic rings. The van der Waals surface area contributed by atoms with Crippen LogP contribution in [0, 0.1) is 5.82 Å². The van der Waals surface area contributed by atoms with Crippen LogP contribution in [0.15, 0.2) is 36.7 Å². The Balaban J connectivity index is 1.55. The molecule has 0 radical (unpaired) electrons. The number of amides is 1. The Bertz CT molecular complexity index is 700. The van der Waals surface area contributed by atoms with Gasteiger partial charge in [0.2, 0.25) is 5.88 Å². The quantitative estimate of drug-likeness (QED) is 0.932. The van der Waals surface area contributed by atoms with E-state index in [-0.39, 0.29) is 17.8 Å². The van der Waals surface area contributed by atoms with E-state index in [1.165, 1.54) is 30.6 Å². The summed E-state index contributed by atoms with van der Waals surface area (Å²) in [4.78, 5) is 22.3. The van der Waals surface area contributed by atoms with Crippen molar-refractivity contribution in [3.63, 3.8) is 0 Å². The average Bonchev–Trinajstić information content (AvgIpc) is 2.62. The number of aromatic nitrogens is 2. The molecule has 126 valence electrons. The summed E-state index contributed by atoms with van der Waals surface area (Å²) in [7, 11) is 1.56. The number of nitrogens with zero attached hydrogens (tertiary/aromatic N) is 3. The summed E-state index contributed by atoms with van der Waals surface area (Å²) in [5.74, 6) is 0.827. The number of carbonyl (C=O) groups excluding carboxylic acids is 1. The first kappa shape index (κ1) is 16.2. The normalized spacial score (nSPS) is 15.2. The van der Waals surface area contributed by atoms with Gasteiger partial charge in [-0.25, -0.2) is 14.4 Å². The van der Waals surface area contributed by atoms with Crippen molar-refractivity contribution in [2.24, 2.45) is 0 Å². The van der Waals surface area contributed by atoms with Crippen LogP contribution in [0.4, 0.5) is 10.2 Å². The molecular formula is C17H19FN4O2. The molecule has 1 amide bonds. The molecule has 0 bridgehead atoms. The number of carbonyl (C=O) groups is 1. The van der Waals surface area contributed by atoms with Crippen molar-refractivity contribution in [2.45, 2.75) is 18.9 Å². The summed E-state index contributed by atoms with van der Waals surface area (Å²) in [6, 6.07) is 7.65. The number of piperidine rings is 1. The molecular weight excluding hydrogens is 311 g/mol. The van der Waals surface area contributed by atoms with Crippen LogP contribution in [0.25, 0.3) is 0 Å². The van der Waals surface area contributed by atoms with Gasteiger partial charge in [-0.3, -0.25) is 4.79 Å². The van der Waals surface area contributed by atoms with Crippen molar-refractivity contribution in [3.05, 3.63) is 48.0 Å². The maximum Gasteiger partial charge on any atom is 0.253 e. The van der Waals surface area contributed by atoms with Crippen LogP contribution in [0.2, 0.25) is 0 Å². The van der Waals surface area contributed by atoms with Gasteiger partial charge in [-0.05, 0) is 37.1 Å². The summed E-state index contributed by atoms with van der Waals surface area (Å²) in [5, 5.41) is 3.34. The molecule has 0 spiro atoms. The smallest absolute Gasteiger partial charge is 0.253 e. The van der Waals surface area contributed by atoms with E-state index in [4.69, 9.17) is 4.74 Å². The molecule has 6 nitrogen and oxygen atoms in total. The third-order valence-corrected chi connectivity index (χ3v) is 4.08. The average molecular weight is 330 g/mol. The van der Waals surface area contributed by atoms with Gasteiger partial charge in [0.05, 0.1) is 7.11 Å². The Labute approximate surface area is 139 Å². The van der Waals surface area contributed by atoms with E-state index < -0.39 is 0 Å². The molecule has 0 unspecified atom stereocenters. The topological polar surface area (TPSA) is 67.3 Å². The molecule has 3 rings (SSSR count). The van der Waals surface area contributed by atoms with Crippen molar-refractivity contribution in [3.8, 4) is 5.88 Å². The van der Waals surface area contributed by atoms with E-state index in [2.05, 4.69) is 15.3 Å². The third-order valence-electron chi connectivity index (χ3n) is 4.08. The number of nitrogens with one attached hydrogen (secondary N) is 1. The molecule has 2 aromatic rings. The molecule has 1 aromatic carbocycles. The van der Waals surface area contributed by atoms with E-state index in [1.807, 2.05) is 0 Å². The second kappa shape index (κ2) is 7.25. The fourth-order valence-electron chi connectivity index (χ4n) is 2.74. The standard InChI is InChI=1S/C17H19FN4O2/c1-24-16-10-15(19-11-20-16)21-14-6-8-22(9-7-14)17(23)12-2-4-13(18)5-3-12/h2-5,10-11,14H,6-9H2,1H3,(H,19,20,21). The van der Waals surface area contributed by atoms with Crippen molar-refractivity contribution >= 4 is 11.7 Å². The molecule has 7 heteroatoms. The fraction of sp³-hybridized carbons (Fsp3) is 0.353. The number of anilines is 1. The lowest BCUT2D eigenvalue weighted by Crippen LogP contribution is -2.42. The Hall–Kier alpha value is -2.70. The Morgan fingerprint density at radius 3 is 2.62 bits per heavy atom. The largest absolute Gasteiger partial charge is 0.481 e. The maximum atomic E-state index is 13.0. The van der Waals surface area contributed by atoms with Gasteiger partial charge in [-0.15, -0.1) is 0 Å².